The van der Waals surface area contributed by atoms with Crippen LogP contribution in [0.3, 0.4) is 0 Å². The molecule has 1 aliphatic heterocycles. The predicted molar refractivity (Wildman–Crippen MR) is 139 cm³/mol. The van der Waals surface area contributed by atoms with E-state index in [2.05, 4.69) is 19.2 Å². The van der Waals surface area contributed by atoms with Crippen LogP contribution < -0.4 is 19.5 Å². The Kier molecular flexibility index (Phi) is 7.59. The maximum atomic E-state index is 13.4. The van der Waals surface area contributed by atoms with Crippen LogP contribution in [0.25, 0.3) is 6.08 Å². The molecule has 1 unspecified atom stereocenters. The molecule has 0 radical (unpaired) electrons. The summed E-state index contributed by atoms with van der Waals surface area (Å²) in [5.41, 5.74) is 3.30. The van der Waals surface area contributed by atoms with Gasteiger partial charge in [-0.2, -0.15) is 0 Å². The van der Waals surface area contributed by atoms with E-state index in [1.807, 2.05) is 30.3 Å². The molecule has 3 aromatic carbocycles. The third kappa shape index (κ3) is 5.68. The summed E-state index contributed by atoms with van der Waals surface area (Å²) in [4.78, 5) is 28.0. The molecule has 0 spiro atoms. The monoisotopic (exact) mass is 486 g/mol. The van der Waals surface area contributed by atoms with Crippen LogP contribution in [-0.2, 0) is 9.59 Å². The summed E-state index contributed by atoms with van der Waals surface area (Å²) in [7, 11) is 3.19. The molecule has 1 atom stereocenters. The number of nitrogens with one attached hydrogen (secondary N) is 1. The molecule has 1 N–H and O–H groups in total. The van der Waals surface area contributed by atoms with E-state index < -0.39 is 6.04 Å². The summed E-state index contributed by atoms with van der Waals surface area (Å²) < 4.78 is 16.0. The largest absolute Gasteiger partial charge is 0.497 e. The van der Waals surface area contributed by atoms with Gasteiger partial charge in [-0.15, -0.1) is 0 Å². The van der Waals surface area contributed by atoms with Gasteiger partial charge in [0.1, 0.15) is 11.8 Å². The van der Waals surface area contributed by atoms with Gasteiger partial charge in [-0.1, -0.05) is 44.2 Å². The fourth-order valence-electron chi connectivity index (χ4n) is 3.93. The summed E-state index contributed by atoms with van der Waals surface area (Å²) in [5, 5.41) is 2.95. The Morgan fingerprint density at radius 3 is 2.28 bits per heavy atom. The van der Waals surface area contributed by atoms with Gasteiger partial charge in [0.25, 0.3) is 5.91 Å². The highest BCUT2D eigenvalue weighted by Crippen LogP contribution is 2.33. The zero-order valence-corrected chi connectivity index (χ0v) is 20.9. The van der Waals surface area contributed by atoms with Crippen LogP contribution in [-0.4, -0.2) is 37.7 Å². The fraction of sp³-hybridized carbons (Fsp3) is 0.241. The SMILES string of the molecule is COc1ccc(C(C(=O)Nc2ccc(C(C)C)cc2)N(C)C(=O)/C=C/c2ccc3c(c2)OCO3)cc1. The lowest BCUT2D eigenvalue weighted by Gasteiger charge is -2.27. The van der Waals surface area contributed by atoms with Gasteiger partial charge in [0, 0.05) is 18.8 Å². The molecule has 0 fully saturated rings. The van der Waals surface area contributed by atoms with Gasteiger partial charge in [-0.05, 0) is 65.1 Å². The Hall–Kier alpha value is -4.26. The van der Waals surface area contributed by atoms with E-state index in [1.165, 1.54) is 16.5 Å². The van der Waals surface area contributed by atoms with Crippen LogP contribution in [0.15, 0.2) is 72.8 Å². The maximum absolute atomic E-state index is 13.4. The highest BCUT2D eigenvalue weighted by molar-refractivity contribution is 6.00. The van der Waals surface area contributed by atoms with Crippen molar-refractivity contribution in [2.24, 2.45) is 0 Å². The first-order chi connectivity index (χ1) is 17.4. The van der Waals surface area contributed by atoms with Crippen molar-refractivity contribution >= 4 is 23.6 Å². The van der Waals surface area contributed by atoms with Crippen molar-refractivity contribution in [1.82, 2.24) is 4.90 Å². The summed E-state index contributed by atoms with van der Waals surface area (Å²) in [6, 6.07) is 19.4. The molecule has 2 amide bonds. The molecule has 0 bridgehead atoms. The Bertz CT molecular complexity index is 1250. The van der Waals surface area contributed by atoms with Crippen LogP contribution in [0, 0.1) is 0 Å². The number of likely N-dealkylation sites (N-methyl/N-ethyl adjacent to an activating group) is 1. The van der Waals surface area contributed by atoms with Crippen molar-refractivity contribution in [3.8, 4) is 17.2 Å². The third-order valence-electron chi connectivity index (χ3n) is 6.07. The van der Waals surface area contributed by atoms with Crippen LogP contribution in [0.5, 0.6) is 17.2 Å². The first-order valence-corrected chi connectivity index (χ1v) is 11.7. The predicted octanol–water partition coefficient (Wildman–Crippen LogP) is 5.40. The molecule has 4 rings (SSSR count). The van der Waals surface area contributed by atoms with Gasteiger partial charge >= 0.3 is 0 Å². The van der Waals surface area contributed by atoms with Crippen molar-refractivity contribution in [1.29, 1.82) is 0 Å². The van der Waals surface area contributed by atoms with E-state index in [1.54, 1.807) is 56.6 Å². The first kappa shape index (κ1) is 24.9. The zero-order chi connectivity index (χ0) is 25.7. The van der Waals surface area contributed by atoms with E-state index in [0.29, 0.717) is 34.4 Å². The highest BCUT2D eigenvalue weighted by Gasteiger charge is 2.28. The highest BCUT2D eigenvalue weighted by atomic mass is 16.7. The van der Waals surface area contributed by atoms with E-state index in [-0.39, 0.29) is 18.6 Å². The van der Waals surface area contributed by atoms with Crippen LogP contribution >= 0.6 is 0 Å². The lowest BCUT2D eigenvalue weighted by atomic mass is 10.0. The number of anilines is 1. The first-order valence-electron chi connectivity index (χ1n) is 11.7. The number of amides is 2. The van der Waals surface area contributed by atoms with Crippen molar-refractivity contribution < 1.29 is 23.8 Å². The topological polar surface area (TPSA) is 77.1 Å². The smallest absolute Gasteiger partial charge is 0.251 e. The summed E-state index contributed by atoms with van der Waals surface area (Å²) in [5.74, 6) is 1.73. The molecule has 0 saturated carbocycles. The number of ether oxygens (including phenoxy) is 3. The maximum Gasteiger partial charge on any atom is 0.251 e. The molecule has 7 nitrogen and oxygen atoms in total. The molecule has 0 aliphatic carbocycles. The normalized spacial score (nSPS) is 13.0. The molecule has 7 heteroatoms. The van der Waals surface area contributed by atoms with Gasteiger partial charge in [0.15, 0.2) is 11.5 Å². The second-order valence-electron chi connectivity index (χ2n) is 8.84. The lowest BCUT2D eigenvalue weighted by molar-refractivity contribution is -0.133. The molecule has 1 aliphatic rings. The summed E-state index contributed by atoms with van der Waals surface area (Å²) in [6.07, 6.45) is 3.13. The van der Waals surface area contributed by atoms with Gasteiger partial charge in [-0.3, -0.25) is 9.59 Å². The molecule has 0 saturated heterocycles. The minimum Gasteiger partial charge on any atom is -0.497 e. The Balaban J connectivity index is 1.55. The fourth-order valence-corrected chi connectivity index (χ4v) is 3.93. The van der Waals surface area contributed by atoms with Crippen molar-refractivity contribution in [3.63, 3.8) is 0 Å². The van der Waals surface area contributed by atoms with Crippen LogP contribution in [0.2, 0.25) is 0 Å². The number of fused-ring (bicyclic) bond motifs is 1. The third-order valence-corrected chi connectivity index (χ3v) is 6.07. The second kappa shape index (κ2) is 11.0. The Labute approximate surface area is 211 Å². The molecule has 36 heavy (non-hydrogen) atoms. The number of carbonyl (C=O) groups excluding carboxylic acids is 2. The molecular weight excluding hydrogens is 456 g/mol. The lowest BCUT2D eigenvalue weighted by Crippen LogP contribution is -2.37. The zero-order valence-electron chi connectivity index (χ0n) is 20.9. The minimum absolute atomic E-state index is 0.184. The van der Waals surface area contributed by atoms with Crippen molar-refractivity contribution in [2.75, 3.05) is 26.3 Å². The number of nitrogens with zero attached hydrogens (tertiary/aromatic N) is 1. The number of hydrogen-bond donors (Lipinski definition) is 1. The average Bonchev–Trinajstić information content (AvgIpc) is 3.36. The summed E-state index contributed by atoms with van der Waals surface area (Å²) in [6.45, 7) is 4.42. The molecular formula is C29H30N2O5. The van der Waals surface area contributed by atoms with Gasteiger partial charge in [0.2, 0.25) is 12.7 Å². The van der Waals surface area contributed by atoms with Crippen molar-refractivity contribution in [3.05, 3.63) is 89.5 Å². The number of benzene rings is 3. The van der Waals surface area contributed by atoms with Gasteiger partial charge in [0.05, 0.1) is 7.11 Å². The van der Waals surface area contributed by atoms with Gasteiger partial charge in [-0.25, -0.2) is 0 Å². The number of carbonyl (C=O) groups is 2. The second-order valence-corrected chi connectivity index (χ2v) is 8.84. The van der Waals surface area contributed by atoms with E-state index in [0.717, 1.165) is 5.56 Å². The average molecular weight is 487 g/mol. The van der Waals surface area contributed by atoms with E-state index in [9.17, 15) is 9.59 Å². The number of methoxy groups -OCH3 is 1. The Morgan fingerprint density at radius 2 is 1.61 bits per heavy atom. The molecule has 1 heterocycles. The van der Waals surface area contributed by atoms with E-state index >= 15 is 0 Å². The van der Waals surface area contributed by atoms with Crippen LogP contribution in [0.4, 0.5) is 5.69 Å². The molecule has 0 aromatic heterocycles. The quantitative estimate of drug-likeness (QED) is 0.432. The Morgan fingerprint density at radius 1 is 0.944 bits per heavy atom. The van der Waals surface area contributed by atoms with Gasteiger partial charge < -0.3 is 24.4 Å². The minimum atomic E-state index is -0.852. The van der Waals surface area contributed by atoms with Crippen molar-refractivity contribution in [2.45, 2.75) is 25.8 Å². The molecule has 186 valence electrons. The van der Waals surface area contributed by atoms with Crippen LogP contribution in [0.1, 0.15) is 42.5 Å². The summed E-state index contributed by atoms with van der Waals surface area (Å²) >= 11 is 0. The standard InChI is InChI=1S/C29H30N2O5/c1-19(2)21-7-11-23(12-8-21)30-29(33)28(22-9-13-24(34-4)14-10-22)31(3)27(32)16-6-20-5-15-25-26(17-20)36-18-35-25/h5-17,19,28H,18H2,1-4H3,(H,30,33)/b16-6+. The number of rotatable bonds is 8. The van der Waals surface area contributed by atoms with E-state index in [4.69, 9.17) is 14.2 Å². The molecule has 3 aromatic rings. The number of hydrogen-bond acceptors (Lipinski definition) is 5.